The molecule has 5 nitrogen and oxygen atoms in total. The summed E-state index contributed by atoms with van der Waals surface area (Å²) in [6.45, 7) is 2.13. The minimum atomic E-state index is -0.620. The quantitative estimate of drug-likeness (QED) is 0.578. The van der Waals surface area contributed by atoms with Crippen molar-refractivity contribution < 1.29 is 13.6 Å². The number of amides is 1. The SMILES string of the molecule is CC1(CN=C(N)Nc2cc(F)ccc2F)CCC(=O)N1. The van der Waals surface area contributed by atoms with Gasteiger partial charge in [0.05, 0.1) is 17.8 Å². The molecular formula is C13H16F2N4O. The minimum absolute atomic E-state index is 0.0228. The molecule has 2 rings (SSSR count). The number of rotatable bonds is 3. The molecule has 0 aromatic heterocycles. The molecule has 1 heterocycles. The first-order valence-electron chi connectivity index (χ1n) is 6.21. The number of nitrogens with one attached hydrogen (secondary N) is 2. The molecule has 1 aromatic rings. The van der Waals surface area contributed by atoms with Gasteiger partial charge in [0.1, 0.15) is 11.6 Å². The Labute approximate surface area is 115 Å². The number of nitrogens with two attached hydrogens (primary N) is 1. The van der Waals surface area contributed by atoms with Gasteiger partial charge >= 0.3 is 0 Å². The van der Waals surface area contributed by atoms with Gasteiger partial charge in [-0.15, -0.1) is 0 Å². The molecule has 1 aliphatic heterocycles. The number of aliphatic imine (C=N–C) groups is 1. The molecule has 0 aliphatic carbocycles. The molecule has 1 aliphatic rings. The zero-order chi connectivity index (χ0) is 14.8. The van der Waals surface area contributed by atoms with Crippen molar-refractivity contribution in [2.24, 2.45) is 10.7 Å². The first-order chi connectivity index (χ1) is 9.38. The molecule has 1 atom stereocenters. The molecule has 1 amide bonds. The van der Waals surface area contributed by atoms with Crippen molar-refractivity contribution in [3.05, 3.63) is 29.8 Å². The fourth-order valence-electron chi connectivity index (χ4n) is 2.00. The Balaban J connectivity index is 2.01. The van der Waals surface area contributed by atoms with Gasteiger partial charge in [0, 0.05) is 12.5 Å². The second kappa shape index (κ2) is 5.44. The van der Waals surface area contributed by atoms with Gasteiger partial charge in [0.2, 0.25) is 5.91 Å². The summed E-state index contributed by atoms with van der Waals surface area (Å²) >= 11 is 0. The van der Waals surface area contributed by atoms with Gasteiger partial charge in [-0.05, 0) is 25.5 Å². The van der Waals surface area contributed by atoms with Crippen LogP contribution in [0.15, 0.2) is 23.2 Å². The number of carbonyl (C=O) groups is 1. The lowest BCUT2D eigenvalue weighted by Gasteiger charge is -2.21. The number of nitrogens with zero attached hydrogens (tertiary/aromatic N) is 1. The Morgan fingerprint density at radius 3 is 2.95 bits per heavy atom. The van der Waals surface area contributed by atoms with E-state index in [-0.39, 0.29) is 24.1 Å². The average Bonchev–Trinajstić information content (AvgIpc) is 2.72. The highest BCUT2D eigenvalue weighted by Gasteiger charge is 2.32. The van der Waals surface area contributed by atoms with E-state index in [1.165, 1.54) is 0 Å². The Bertz CT molecular complexity index is 561. The molecule has 0 spiro atoms. The van der Waals surface area contributed by atoms with Crippen molar-refractivity contribution in [2.45, 2.75) is 25.3 Å². The van der Waals surface area contributed by atoms with Crippen LogP contribution >= 0.6 is 0 Å². The summed E-state index contributed by atoms with van der Waals surface area (Å²) < 4.78 is 26.4. The second-order valence-corrected chi connectivity index (χ2v) is 5.06. The lowest BCUT2D eigenvalue weighted by atomic mass is 10.0. The van der Waals surface area contributed by atoms with Gasteiger partial charge in [-0.2, -0.15) is 0 Å². The summed E-state index contributed by atoms with van der Waals surface area (Å²) in [6, 6.07) is 3.02. The molecule has 7 heteroatoms. The van der Waals surface area contributed by atoms with E-state index in [1.54, 1.807) is 0 Å². The first-order valence-corrected chi connectivity index (χ1v) is 6.21. The van der Waals surface area contributed by atoms with Crippen LogP contribution in [0.2, 0.25) is 0 Å². The summed E-state index contributed by atoms with van der Waals surface area (Å²) in [6.07, 6.45) is 1.12. The van der Waals surface area contributed by atoms with E-state index in [9.17, 15) is 13.6 Å². The summed E-state index contributed by atoms with van der Waals surface area (Å²) in [5, 5.41) is 5.31. The number of guanidine groups is 1. The second-order valence-electron chi connectivity index (χ2n) is 5.06. The molecule has 1 saturated heterocycles. The van der Waals surface area contributed by atoms with Gasteiger partial charge in [0.25, 0.3) is 0 Å². The zero-order valence-corrected chi connectivity index (χ0v) is 11.0. The van der Waals surface area contributed by atoms with Gasteiger partial charge < -0.3 is 16.4 Å². The van der Waals surface area contributed by atoms with Crippen molar-refractivity contribution in [3.8, 4) is 0 Å². The van der Waals surface area contributed by atoms with E-state index >= 15 is 0 Å². The maximum absolute atomic E-state index is 13.4. The molecule has 0 saturated carbocycles. The average molecular weight is 282 g/mol. The highest BCUT2D eigenvalue weighted by atomic mass is 19.1. The number of carbonyl (C=O) groups excluding carboxylic acids is 1. The van der Waals surface area contributed by atoms with Gasteiger partial charge in [-0.25, -0.2) is 8.78 Å². The Morgan fingerprint density at radius 2 is 2.30 bits per heavy atom. The molecule has 20 heavy (non-hydrogen) atoms. The topological polar surface area (TPSA) is 79.5 Å². The minimum Gasteiger partial charge on any atom is -0.370 e. The van der Waals surface area contributed by atoms with Crippen molar-refractivity contribution in [1.29, 1.82) is 0 Å². The van der Waals surface area contributed by atoms with Crippen LogP contribution in [0.3, 0.4) is 0 Å². The first kappa shape index (κ1) is 14.2. The molecule has 1 fully saturated rings. The Hall–Kier alpha value is -2.18. The maximum Gasteiger partial charge on any atom is 0.220 e. The normalized spacial score (nSPS) is 22.8. The summed E-state index contributed by atoms with van der Waals surface area (Å²) in [7, 11) is 0. The number of hydrogen-bond donors (Lipinski definition) is 3. The highest BCUT2D eigenvalue weighted by molar-refractivity contribution is 5.92. The predicted octanol–water partition coefficient (Wildman–Crippen LogP) is 1.36. The van der Waals surface area contributed by atoms with Gasteiger partial charge in [0.15, 0.2) is 5.96 Å². The number of anilines is 1. The zero-order valence-electron chi connectivity index (χ0n) is 11.0. The van der Waals surface area contributed by atoms with Crippen molar-refractivity contribution in [1.82, 2.24) is 5.32 Å². The summed E-state index contributed by atoms with van der Waals surface area (Å²) in [5.74, 6) is -1.25. The van der Waals surface area contributed by atoms with E-state index in [0.29, 0.717) is 12.8 Å². The molecule has 108 valence electrons. The highest BCUT2D eigenvalue weighted by Crippen LogP contribution is 2.20. The van der Waals surface area contributed by atoms with Gasteiger partial charge in [-0.3, -0.25) is 9.79 Å². The number of hydrogen-bond acceptors (Lipinski definition) is 2. The number of halogens is 2. The Kier molecular flexibility index (Phi) is 3.87. The third-order valence-electron chi connectivity index (χ3n) is 3.13. The predicted molar refractivity (Wildman–Crippen MR) is 72.3 cm³/mol. The van der Waals surface area contributed by atoms with Crippen LogP contribution in [-0.4, -0.2) is 24.0 Å². The lowest BCUT2D eigenvalue weighted by molar-refractivity contribution is -0.119. The monoisotopic (exact) mass is 282 g/mol. The van der Waals surface area contributed by atoms with Crippen LogP contribution in [0.25, 0.3) is 0 Å². The summed E-state index contributed by atoms with van der Waals surface area (Å²) in [5.41, 5.74) is 5.12. The van der Waals surface area contributed by atoms with Crippen molar-refractivity contribution in [3.63, 3.8) is 0 Å². The molecule has 0 radical (unpaired) electrons. The smallest absolute Gasteiger partial charge is 0.220 e. The maximum atomic E-state index is 13.4. The van der Waals surface area contributed by atoms with E-state index in [1.807, 2.05) is 6.92 Å². The van der Waals surface area contributed by atoms with E-state index in [2.05, 4.69) is 15.6 Å². The molecule has 0 bridgehead atoms. The number of benzene rings is 1. The Morgan fingerprint density at radius 1 is 1.55 bits per heavy atom. The van der Waals surface area contributed by atoms with E-state index in [0.717, 1.165) is 18.2 Å². The van der Waals surface area contributed by atoms with Crippen LogP contribution in [0, 0.1) is 11.6 Å². The van der Waals surface area contributed by atoms with Crippen LogP contribution in [0.4, 0.5) is 14.5 Å². The van der Waals surface area contributed by atoms with Crippen molar-refractivity contribution in [2.75, 3.05) is 11.9 Å². The fraction of sp³-hybridized carbons (Fsp3) is 0.385. The molecular weight excluding hydrogens is 266 g/mol. The summed E-state index contributed by atoms with van der Waals surface area (Å²) in [4.78, 5) is 15.2. The fourth-order valence-corrected chi connectivity index (χ4v) is 2.00. The third kappa shape index (κ3) is 3.43. The molecule has 1 unspecified atom stereocenters. The van der Waals surface area contributed by atoms with Crippen LogP contribution in [0.5, 0.6) is 0 Å². The largest absolute Gasteiger partial charge is 0.370 e. The molecule has 1 aromatic carbocycles. The molecule has 4 N–H and O–H groups in total. The van der Waals surface area contributed by atoms with E-state index in [4.69, 9.17) is 5.73 Å². The standard InChI is InChI=1S/C13H16F2N4O/c1-13(5-4-11(20)19-13)7-17-12(16)18-10-6-8(14)2-3-9(10)15/h2-3,6H,4-5,7H2,1H3,(H,19,20)(H3,16,17,18). The van der Waals surface area contributed by atoms with E-state index < -0.39 is 17.2 Å². The van der Waals surface area contributed by atoms with Crippen LogP contribution in [0.1, 0.15) is 19.8 Å². The van der Waals surface area contributed by atoms with Crippen LogP contribution in [-0.2, 0) is 4.79 Å². The van der Waals surface area contributed by atoms with Crippen molar-refractivity contribution >= 4 is 17.6 Å². The third-order valence-corrected chi connectivity index (χ3v) is 3.13. The van der Waals surface area contributed by atoms with Gasteiger partial charge in [-0.1, -0.05) is 0 Å². The lowest BCUT2D eigenvalue weighted by Crippen LogP contribution is -2.42. The van der Waals surface area contributed by atoms with Crippen LogP contribution < -0.4 is 16.4 Å².